The zero-order valence-corrected chi connectivity index (χ0v) is 11.2. The maximum atomic E-state index is 12.9. The van der Waals surface area contributed by atoms with Crippen molar-refractivity contribution in [3.8, 4) is 0 Å². The Hall–Kier alpha value is -1.32. The molecule has 0 bridgehead atoms. The minimum Gasteiger partial charge on any atom is -0.378 e. The summed E-state index contributed by atoms with van der Waals surface area (Å²) in [6.07, 6.45) is 1.65. The summed E-state index contributed by atoms with van der Waals surface area (Å²) in [5, 5.41) is 3.96. The Morgan fingerprint density at radius 2 is 2.06 bits per heavy atom. The van der Waals surface area contributed by atoms with Gasteiger partial charge in [-0.3, -0.25) is 0 Å². The van der Waals surface area contributed by atoms with Gasteiger partial charge < -0.3 is 5.32 Å². The number of anilines is 1. The third kappa shape index (κ3) is 2.92. The fourth-order valence-corrected chi connectivity index (χ4v) is 2.09. The SMILES string of the molecule is Cc1ccnc(Cl)c1NCc1ccc(F)cc1Cl. The van der Waals surface area contributed by atoms with Crippen LogP contribution in [0, 0.1) is 12.7 Å². The molecule has 0 spiro atoms. The largest absolute Gasteiger partial charge is 0.378 e. The molecule has 94 valence electrons. The first-order chi connectivity index (χ1) is 8.58. The molecular weight excluding hydrogens is 274 g/mol. The van der Waals surface area contributed by atoms with E-state index in [-0.39, 0.29) is 5.82 Å². The Balaban J connectivity index is 2.16. The lowest BCUT2D eigenvalue weighted by atomic mass is 10.2. The van der Waals surface area contributed by atoms with Crippen molar-refractivity contribution in [3.05, 3.63) is 57.6 Å². The van der Waals surface area contributed by atoms with Crippen molar-refractivity contribution in [2.75, 3.05) is 5.32 Å². The van der Waals surface area contributed by atoms with Crippen molar-refractivity contribution in [2.45, 2.75) is 13.5 Å². The molecule has 2 rings (SSSR count). The van der Waals surface area contributed by atoms with Gasteiger partial charge in [-0.2, -0.15) is 0 Å². The van der Waals surface area contributed by atoms with Crippen LogP contribution in [-0.2, 0) is 6.54 Å². The molecule has 1 heterocycles. The number of hydrogen-bond donors (Lipinski definition) is 1. The van der Waals surface area contributed by atoms with Crippen molar-refractivity contribution in [2.24, 2.45) is 0 Å². The highest BCUT2D eigenvalue weighted by molar-refractivity contribution is 6.32. The number of hydrogen-bond acceptors (Lipinski definition) is 2. The molecular formula is C13H11Cl2FN2. The first-order valence-corrected chi connectivity index (χ1v) is 6.12. The molecule has 0 fully saturated rings. The van der Waals surface area contributed by atoms with Crippen LogP contribution in [0.4, 0.5) is 10.1 Å². The van der Waals surface area contributed by atoms with Gasteiger partial charge in [0.25, 0.3) is 0 Å². The smallest absolute Gasteiger partial charge is 0.152 e. The highest BCUT2D eigenvalue weighted by Crippen LogP contribution is 2.25. The average molecular weight is 285 g/mol. The number of halogens is 3. The van der Waals surface area contributed by atoms with Crippen molar-refractivity contribution < 1.29 is 4.39 Å². The molecule has 1 aromatic heterocycles. The van der Waals surface area contributed by atoms with E-state index in [1.54, 1.807) is 12.3 Å². The molecule has 0 unspecified atom stereocenters. The average Bonchev–Trinajstić information content (AvgIpc) is 2.31. The molecule has 1 N–H and O–H groups in total. The van der Waals surface area contributed by atoms with Gasteiger partial charge in [-0.25, -0.2) is 9.37 Å². The quantitative estimate of drug-likeness (QED) is 0.843. The molecule has 2 aromatic rings. The fourth-order valence-electron chi connectivity index (χ4n) is 1.59. The van der Waals surface area contributed by atoms with E-state index in [0.717, 1.165) is 16.8 Å². The summed E-state index contributed by atoms with van der Waals surface area (Å²) in [6, 6.07) is 6.17. The number of rotatable bonds is 3. The van der Waals surface area contributed by atoms with E-state index in [2.05, 4.69) is 10.3 Å². The molecule has 0 atom stereocenters. The van der Waals surface area contributed by atoms with E-state index >= 15 is 0 Å². The van der Waals surface area contributed by atoms with Gasteiger partial charge >= 0.3 is 0 Å². The standard InChI is InChI=1S/C13H11Cl2FN2/c1-8-4-5-17-13(15)12(8)18-7-9-2-3-10(16)6-11(9)14/h2-6,18H,7H2,1H3. The predicted octanol–water partition coefficient (Wildman–Crippen LogP) is 4.45. The topological polar surface area (TPSA) is 24.9 Å². The summed E-state index contributed by atoms with van der Waals surface area (Å²) in [4.78, 5) is 4.00. The predicted molar refractivity (Wildman–Crippen MR) is 72.7 cm³/mol. The second-order valence-corrected chi connectivity index (χ2v) is 4.65. The van der Waals surface area contributed by atoms with Gasteiger partial charge in [-0.05, 0) is 36.2 Å². The minimum absolute atomic E-state index is 0.348. The van der Waals surface area contributed by atoms with E-state index in [1.165, 1.54) is 12.1 Å². The number of nitrogens with one attached hydrogen (secondary N) is 1. The maximum absolute atomic E-state index is 12.9. The van der Waals surface area contributed by atoms with Crippen LogP contribution in [0.2, 0.25) is 10.2 Å². The molecule has 0 aliphatic heterocycles. The van der Waals surface area contributed by atoms with Crippen LogP contribution in [0.1, 0.15) is 11.1 Å². The van der Waals surface area contributed by atoms with Crippen LogP contribution in [0.25, 0.3) is 0 Å². The van der Waals surface area contributed by atoms with Crippen molar-refractivity contribution in [1.29, 1.82) is 0 Å². The van der Waals surface area contributed by atoms with Gasteiger partial charge in [0.15, 0.2) is 5.15 Å². The van der Waals surface area contributed by atoms with Crippen molar-refractivity contribution in [3.63, 3.8) is 0 Å². The Morgan fingerprint density at radius 1 is 1.28 bits per heavy atom. The van der Waals surface area contributed by atoms with E-state index in [1.807, 2.05) is 13.0 Å². The van der Waals surface area contributed by atoms with E-state index in [9.17, 15) is 4.39 Å². The van der Waals surface area contributed by atoms with E-state index in [0.29, 0.717) is 16.7 Å². The number of aromatic nitrogens is 1. The first kappa shape index (κ1) is 13.1. The summed E-state index contributed by atoms with van der Waals surface area (Å²) in [6.45, 7) is 2.40. The van der Waals surface area contributed by atoms with Gasteiger partial charge in [0.2, 0.25) is 0 Å². The summed E-state index contributed by atoms with van der Waals surface area (Å²) in [7, 11) is 0. The molecule has 0 aliphatic rings. The van der Waals surface area contributed by atoms with Crippen molar-refractivity contribution >= 4 is 28.9 Å². The number of benzene rings is 1. The van der Waals surface area contributed by atoms with Crippen molar-refractivity contribution in [1.82, 2.24) is 4.98 Å². The van der Waals surface area contributed by atoms with Crippen LogP contribution in [0.15, 0.2) is 30.5 Å². The zero-order valence-electron chi connectivity index (χ0n) is 9.67. The molecule has 2 nitrogen and oxygen atoms in total. The minimum atomic E-state index is -0.348. The van der Waals surface area contributed by atoms with E-state index < -0.39 is 0 Å². The molecule has 0 saturated heterocycles. The van der Waals surface area contributed by atoms with Gasteiger partial charge in [0.1, 0.15) is 5.82 Å². The first-order valence-electron chi connectivity index (χ1n) is 5.37. The fraction of sp³-hybridized carbons (Fsp3) is 0.154. The summed E-state index contributed by atoms with van der Waals surface area (Å²) >= 11 is 11.9. The van der Waals surface area contributed by atoms with Crippen LogP contribution < -0.4 is 5.32 Å². The second kappa shape index (κ2) is 5.55. The van der Waals surface area contributed by atoms with Gasteiger partial charge in [-0.1, -0.05) is 29.3 Å². The Bertz CT molecular complexity index is 553. The Labute approximate surface area is 115 Å². The zero-order chi connectivity index (χ0) is 13.1. The van der Waals surface area contributed by atoms with Gasteiger partial charge in [0.05, 0.1) is 5.69 Å². The van der Waals surface area contributed by atoms with Crippen LogP contribution >= 0.6 is 23.2 Å². The lowest BCUT2D eigenvalue weighted by Crippen LogP contribution is -2.03. The third-order valence-corrected chi connectivity index (χ3v) is 3.22. The Morgan fingerprint density at radius 3 is 2.72 bits per heavy atom. The highest BCUT2D eigenvalue weighted by atomic mass is 35.5. The lowest BCUT2D eigenvalue weighted by molar-refractivity contribution is 0.627. The molecule has 0 aliphatic carbocycles. The number of aryl methyl sites for hydroxylation is 1. The van der Waals surface area contributed by atoms with Crippen LogP contribution in [0.5, 0.6) is 0 Å². The van der Waals surface area contributed by atoms with Gasteiger partial charge in [-0.15, -0.1) is 0 Å². The molecule has 0 saturated carbocycles. The third-order valence-electron chi connectivity index (χ3n) is 2.58. The number of nitrogens with zero attached hydrogens (tertiary/aromatic N) is 1. The maximum Gasteiger partial charge on any atom is 0.152 e. The molecule has 0 radical (unpaired) electrons. The highest BCUT2D eigenvalue weighted by Gasteiger charge is 2.06. The lowest BCUT2D eigenvalue weighted by Gasteiger charge is -2.11. The summed E-state index contributed by atoms with van der Waals surface area (Å²) in [5.74, 6) is -0.348. The molecule has 0 amide bonds. The number of pyridine rings is 1. The monoisotopic (exact) mass is 284 g/mol. The van der Waals surface area contributed by atoms with Crippen LogP contribution in [-0.4, -0.2) is 4.98 Å². The molecule has 18 heavy (non-hydrogen) atoms. The van der Waals surface area contributed by atoms with E-state index in [4.69, 9.17) is 23.2 Å². The van der Waals surface area contributed by atoms with Crippen LogP contribution in [0.3, 0.4) is 0 Å². The summed E-state index contributed by atoms with van der Waals surface area (Å²) in [5.41, 5.74) is 2.56. The molecule has 1 aromatic carbocycles. The normalized spacial score (nSPS) is 10.4. The second-order valence-electron chi connectivity index (χ2n) is 3.88. The molecule has 5 heteroatoms. The summed E-state index contributed by atoms with van der Waals surface area (Å²) < 4.78 is 12.9. The Kier molecular flexibility index (Phi) is 4.04. The van der Waals surface area contributed by atoms with Gasteiger partial charge in [0, 0.05) is 17.8 Å².